The molecule has 1 aromatic heterocycles. The van der Waals surface area contributed by atoms with Crippen LogP contribution in [0.15, 0.2) is 6.08 Å². The monoisotopic (exact) mass is 291 g/mol. The third kappa shape index (κ3) is 2.38. The molecule has 0 aromatic carbocycles. The van der Waals surface area contributed by atoms with Crippen LogP contribution in [0.3, 0.4) is 0 Å². The van der Waals surface area contributed by atoms with Crippen LogP contribution >= 0.6 is 0 Å². The minimum Gasteiger partial charge on any atom is -0.464 e. The molecule has 3 heterocycles. The molecule has 0 bridgehead atoms. The highest BCUT2D eigenvalue weighted by Gasteiger charge is 2.34. The van der Waals surface area contributed by atoms with Crippen molar-refractivity contribution < 1.29 is 14.3 Å². The molecule has 0 radical (unpaired) electrons. The van der Waals surface area contributed by atoms with E-state index in [1.165, 1.54) is 7.11 Å². The highest BCUT2D eigenvalue weighted by Crippen LogP contribution is 2.28. The van der Waals surface area contributed by atoms with Crippen molar-refractivity contribution in [3.05, 3.63) is 23.0 Å². The number of aromatic nitrogens is 2. The molecule has 21 heavy (non-hydrogen) atoms. The zero-order chi connectivity index (χ0) is 15.0. The highest BCUT2D eigenvalue weighted by molar-refractivity contribution is 5.89. The summed E-state index contributed by atoms with van der Waals surface area (Å²) in [4.78, 5) is 14.4. The van der Waals surface area contributed by atoms with Crippen LogP contribution in [0.4, 0.5) is 0 Å². The van der Waals surface area contributed by atoms with Crippen molar-refractivity contribution in [3.8, 4) is 0 Å². The fraction of sp³-hybridized carbons (Fsp3) is 0.600. The molecule has 1 saturated heterocycles. The molecule has 2 aliphatic rings. The van der Waals surface area contributed by atoms with Crippen LogP contribution in [0.2, 0.25) is 0 Å². The van der Waals surface area contributed by atoms with Crippen LogP contribution < -0.4 is 0 Å². The molecule has 0 spiro atoms. The molecule has 3 rings (SSSR count). The Hall–Kier alpha value is -1.66. The number of carbonyl (C=O) groups is 1. The smallest absolute Gasteiger partial charge is 0.358 e. The molecule has 114 valence electrons. The Balaban J connectivity index is 1.98. The van der Waals surface area contributed by atoms with Crippen molar-refractivity contribution in [2.45, 2.75) is 32.9 Å². The van der Waals surface area contributed by atoms with E-state index in [1.807, 2.05) is 24.6 Å². The molecule has 0 unspecified atom stereocenters. The summed E-state index contributed by atoms with van der Waals surface area (Å²) in [7, 11) is 1.40. The van der Waals surface area contributed by atoms with Gasteiger partial charge >= 0.3 is 5.97 Å². The fourth-order valence-corrected chi connectivity index (χ4v) is 2.86. The normalized spacial score (nSPS) is 20.0. The summed E-state index contributed by atoms with van der Waals surface area (Å²) in [5, 5.41) is 4.49. The summed E-state index contributed by atoms with van der Waals surface area (Å²) in [5.74, 6) is -0.361. The van der Waals surface area contributed by atoms with Crippen LogP contribution in [0.1, 0.15) is 35.6 Å². The molecule has 6 heteroatoms. The van der Waals surface area contributed by atoms with E-state index in [9.17, 15) is 4.79 Å². The Labute approximate surface area is 124 Å². The zero-order valence-corrected chi connectivity index (χ0v) is 12.8. The van der Waals surface area contributed by atoms with E-state index in [-0.39, 0.29) is 5.97 Å². The van der Waals surface area contributed by atoms with Gasteiger partial charge in [0.2, 0.25) is 0 Å². The number of hydrogen-bond donors (Lipinski definition) is 0. The first-order valence-electron chi connectivity index (χ1n) is 7.29. The number of fused-ring (bicyclic) bond motifs is 1. The second kappa shape index (κ2) is 5.61. The Morgan fingerprint density at radius 3 is 2.81 bits per heavy atom. The summed E-state index contributed by atoms with van der Waals surface area (Å²) < 4.78 is 12.0. The van der Waals surface area contributed by atoms with E-state index in [1.54, 1.807) is 0 Å². The molecule has 1 fully saturated rings. The third-order valence-corrected chi connectivity index (χ3v) is 4.35. The lowest BCUT2D eigenvalue weighted by molar-refractivity contribution is -0.0696. The number of carbonyl (C=O) groups excluding carboxylic acids is 1. The molecule has 0 saturated carbocycles. The number of hydrogen-bond acceptors (Lipinski definition) is 5. The predicted molar refractivity (Wildman–Crippen MR) is 77.9 cm³/mol. The number of rotatable bonds is 3. The highest BCUT2D eigenvalue weighted by atomic mass is 16.5. The number of nitrogens with zero attached hydrogens (tertiary/aromatic N) is 3. The van der Waals surface area contributed by atoms with Gasteiger partial charge in [0.15, 0.2) is 5.69 Å². The summed E-state index contributed by atoms with van der Waals surface area (Å²) in [6, 6.07) is 0.467. The number of esters is 1. The van der Waals surface area contributed by atoms with E-state index < -0.39 is 0 Å². The van der Waals surface area contributed by atoms with Crippen molar-refractivity contribution in [2.24, 2.45) is 0 Å². The average molecular weight is 291 g/mol. The predicted octanol–water partition coefficient (Wildman–Crippen LogP) is 1.31. The van der Waals surface area contributed by atoms with Gasteiger partial charge in [-0.3, -0.25) is 4.90 Å². The Kier molecular flexibility index (Phi) is 3.82. The van der Waals surface area contributed by atoms with E-state index >= 15 is 0 Å². The molecular weight excluding hydrogens is 270 g/mol. The van der Waals surface area contributed by atoms with Gasteiger partial charge in [-0.05, 0) is 13.8 Å². The summed E-state index contributed by atoms with van der Waals surface area (Å²) >= 11 is 0. The van der Waals surface area contributed by atoms with Crippen LogP contribution in [0, 0.1) is 0 Å². The molecule has 6 nitrogen and oxygen atoms in total. The Bertz CT molecular complexity index is 587. The minimum atomic E-state index is -0.361. The second-order valence-corrected chi connectivity index (χ2v) is 5.52. The molecule has 1 aromatic rings. The first-order valence-corrected chi connectivity index (χ1v) is 7.29. The second-order valence-electron chi connectivity index (χ2n) is 5.52. The van der Waals surface area contributed by atoms with Gasteiger partial charge in [-0.2, -0.15) is 5.10 Å². The largest absolute Gasteiger partial charge is 0.464 e. The maximum absolute atomic E-state index is 12.0. The van der Waals surface area contributed by atoms with Gasteiger partial charge in [0, 0.05) is 30.8 Å². The zero-order valence-electron chi connectivity index (χ0n) is 12.8. The summed E-state index contributed by atoms with van der Waals surface area (Å²) in [6.07, 6.45) is 2.89. The summed E-state index contributed by atoms with van der Waals surface area (Å²) in [5.41, 5.74) is 3.60. The lowest BCUT2D eigenvalue weighted by Crippen LogP contribution is -2.50. The van der Waals surface area contributed by atoms with Gasteiger partial charge in [0.05, 0.1) is 32.1 Å². The van der Waals surface area contributed by atoms with Crippen molar-refractivity contribution in [1.82, 2.24) is 14.7 Å². The van der Waals surface area contributed by atoms with Gasteiger partial charge in [0.1, 0.15) is 0 Å². The van der Waals surface area contributed by atoms with E-state index in [0.717, 1.165) is 49.7 Å². The first kappa shape index (κ1) is 14.3. The van der Waals surface area contributed by atoms with Crippen LogP contribution in [-0.2, 0) is 22.4 Å². The standard InChI is InChI=1S/C15H21N3O3/c1-4-10(2)18-13-5-6-17(11-8-21-9-11)7-12(13)14(16-18)15(19)20-3/h4,11H,5-9H2,1-3H3. The Morgan fingerprint density at radius 2 is 2.24 bits per heavy atom. The average Bonchev–Trinajstić information content (AvgIpc) is 2.82. The lowest BCUT2D eigenvalue weighted by atomic mass is 10.0. The third-order valence-electron chi connectivity index (χ3n) is 4.35. The van der Waals surface area contributed by atoms with Gasteiger partial charge in [0.25, 0.3) is 0 Å². The van der Waals surface area contributed by atoms with Gasteiger partial charge in [-0.25, -0.2) is 9.48 Å². The van der Waals surface area contributed by atoms with Crippen molar-refractivity contribution in [3.63, 3.8) is 0 Å². The van der Waals surface area contributed by atoms with Crippen molar-refractivity contribution >= 4 is 11.7 Å². The SMILES string of the molecule is CC=C(C)n1nc(C(=O)OC)c2c1CCN(C1COC1)C2. The van der Waals surface area contributed by atoms with Crippen LogP contribution in [0.5, 0.6) is 0 Å². The van der Waals surface area contributed by atoms with Gasteiger partial charge in [-0.15, -0.1) is 0 Å². The van der Waals surface area contributed by atoms with Gasteiger partial charge in [-0.1, -0.05) is 6.08 Å². The molecule has 2 aliphatic heterocycles. The molecular formula is C15H21N3O3. The minimum absolute atomic E-state index is 0.361. The quantitative estimate of drug-likeness (QED) is 0.786. The van der Waals surface area contributed by atoms with Crippen LogP contribution in [-0.4, -0.2) is 53.6 Å². The first-order chi connectivity index (χ1) is 10.2. The van der Waals surface area contributed by atoms with Crippen molar-refractivity contribution in [1.29, 1.82) is 0 Å². The van der Waals surface area contributed by atoms with Crippen LogP contribution in [0.25, 0.3) is 5.70 Å². The lowest BCUT2D eigenvalue weighted by Gasteiger charge is -2.39. The fourth-order valence-electron chi connectivity index (χ4n) is 2.86. The molecule has 0 aliphatic carbocycles. The topological polar surface area (TPSA) is 56.6 Å². The number of ether oxygens (including phenoxy) is 2. The van der Waals surface area contributed by atoms with E-state index in [0.29, 0.717) is 11.7 Å². The Morgan fingerprint density at radius 1 is 1.48 bits per heavy atom. The number of methoxy groups -OCH3 is 1. The van der Waals surface area contributed by atoms with E-state index in [2.05, 4.69) is 10.00 Å². The number of allylic oxidation sites excluding steroid dienone is 2. The van der Waals surface area contributed by atoms with E-state index in [4.69, 9.17) is 9.47 Å². The summed E-state index contributed by atoms with van der Waals surface area (Å²) in [6.45, 7) is 7.26. The molecule has 0 atom stereocenters. The van der Waals surface area contributed by atoms with Gasteiger partial charge < -0.3 is 9.47 Å². The molecule has 0 amide bonds. The maximum atomic E-state index is 12.0. The maximum Gasteiger partial charge on any atom is 0.358 e. The molecule has 0 N–H and O–H groups in total. The van der Waals surface area contributed by atoms with Crippen molar-refractivity contribution in [2.75, 3.05) is 26.9 Å².